The van der Waals surface area contributed by atoms with Crippen molar-refractivity contribution in [1.29, 1.82) is 0 Å². The number of hydrogen-bond acceptors (Lipinski definition) is 5. The van der Waals surface area contributed by atoms with E-state index in [9.17, 15) is 14.4 Å². The molecule has 0 aliphatic carbocycles. The average molecular weight is 500 g/mol. The van der Waals surface area contributed by atoms with Gasteiger partial charge in [-0.25, -0.2) is 0 Å². The van der Waals surface area contributed by atoms with Gasteiger partial charge in [-0.2, -0.15) is 0 Å². The molecule has 2 aliphatic heterocycles. The number of imide groups is 1. The molecular formula is C26H27Cl2N3O3. The first-order valence-corrected chi connectivity index (χ1v) is 12.1. The molecule has 2 aliphatic rings. The van der Waals surface area contributed by atoms with Crippen LogP contribution in [0.15, 0.2) is 54.7 Å². The van der Waals surface area contributed by atoms with E-state index in [0.717, 1.165) is 37.6 Å². The molecule has 6 nitrogen and oxygen atoms in total. The Bertz CT molecular complexity index is 1090. The lowest BCUT2D eigenvalue weighted by atomic mass is 9.98. The van der Waals surface area contributed by atoms with Crippen LogP contribution in [0.4, 0.5) is 5.69 Å². The highest BCUT2D eigenvalue weighted by atomic mass is 35.5. The van der Waals surface area contributed by atoms with Crippen LogP contribution in [-0.4, -0.2) is 60.1 Å². The Kier molecular flexibility index (Phi) is 7.29. The molecule has 0 N–H and O–H groups in total. The number of allylic oxidation sites excluding steroid dienone is 1. The van der Waals surface area contributed by atoms with E-state index in [1.807, 2.05) is 19.1 Å². The molecule has 0 bridgehead atoms. The molecule has 2 aromatic rings. The fraction of sp³-hybridized carbons (Fsp3) is 0.346. The minimum absolute atomic E-state index is 0.0115. The average Bonchev–Trinajstić information content (AvgIpc) is 3.06. The summed E-state index contributed by atoms with van der Waals surface area (Å²) in [6, 6.07) is 12.3. The quantitative estimate of drug-likeness (QED) is 0.482. The first-order chi connectivity index (χ1) is 16.2. The van der Waals surface area contributed by atoms with E-state index in [1.165, 1.54) is 4.90 Å². The number of Topliss-reactive ketones (excluding diaryl/α,β-unsaturated/α-hetero) is 1. The van der Waals surface area contributed by atoms with Crippen molar-refractivity contribution < 1.29 is 14.4 Å². The summed E-state index contributed by atoms with van der Waals surface area (Å²) in [4.78, 5) is 43.2. The highest BCUT2D eigenvalue weighted by Gasteiger charge is 2.35. The maximum absolute atomic E-state index is 12.6. The third-order valence-electron chi connectivity index (χ3n) is 6.49. The lowest BCUT2D eigenvalue weighted by molar-refractivity contribution is -0.119. The zero-order chi connectivity index (χ0) is 24.4. The smallest absolute Gasteiger partial charge is 0.261 e. The van der Waals surface area contributed by atoms with Gasteiger partial charge >= 0.3 is 0 Å². The Morgan fingerprint density at radius 3 is 2.09 bits per heavy atom. The number of ketones is 1. The first kappa shape index (κ1) is 24.3. The number of carbonyl (C=O) groups excluding carboxylic acids is 3. The maximum atomic E-state index is 12.6. The van der Waals surface area contributed by atoms with Crippen LogP contribution in [0.3, 0.4) is 0 Å². The van der Waals surface area contributed by atoms with Crippen LogP contribution < -0.4 is 4.90 Å². The molecule has 0 saturated carbocycles. The molecule has 0 spiro atoms. The third kappa shape index (κ3) is 5.13. The minimum atomic E-state index is -0.329. The summed E-state index contributed by atoms with van der Waals surface area (Å²) >= 11 is 12.3. The van der Waals surface area contributed by atoms with E-state index < -0.39 is 0 Å². The van der Waals surface area contributed by atoms with Crippen LogP contribution in [0.25, 0.3) is 0 Å². The number of carbonyl (C=O) groups is 3. The van der Waals surface area contributed by atoms with Crippen LogP contribution in [-0.2, 0) is 4.79 Å². The monoisotopic (exact) mass is 499 g/mol. The summed E-state index contributed by atoms with van der Waals surface area (Å²) in [5.41, 5.74) is 2.73. The zero-order valence-electron chi connectivity index (χ0n) is 19.1. The van der Waals surface area contributed by atoms with Gasteiger partial charge in [-0.15, -0.1) is 0 Å². The number of piperazine rings is 1. The molecule has 4 rings (SSSR count). The molecule has 2 amide bonds. The van der Waals surface area contributed by atoms with E-state index in [4.69, 9.17) is 23.2 Å². The van der Waals surface area contributed by atoms with Crippen LogP contribution in [0, 0.1) is 5.92 Å². The molecule has 1 unspecified atom stereocenters. The van der Waals surface area contributed by atoms with E-state index in [-0.39, 0.29) is 36.5 Å². The fourth-order valence-corrected chi connectivity index (χ4v) is 5.04. The zero-order valence-corrected chi connectivity index (χ0v) is 20.6. The molecule has 1 atom stereocenters. The second kappa shape index (κ2) is 10.2. The van der Waals surface area contributed by atoms with Crippen molar-refractivity contribution in [2.45, 2.75) is 19.8 Å². The first-order valence-electron chi connectivity index (χ1n) is 11.4. The van der Waals surface area contributed by atoms with Crippen molar-refractivity contribution in [3.05, 3.63) is 75.9 Å². The number of amides is 2. The molecule has 1 saturated heterocycles. The van der Waals surface area contributed by atoms with Gasteiger partial charge in [-0.05, 0) is 30.3 Å². The summed E-state index contributed by atoms with van der Waals surface area (Å²) in [6.07, 6.45) is 0.471. The van der Waals surface area contributed by atoms with E-state index in [1.54, 1.807) is 30.3 Å². The van der Waals surface area contributed by atoms with Crippen molar-refractivity contribution in [3.63, 3.8) is 0 Å². The van der Waals surface area contributed by atoms with E-state index in [0.29, 0.717) is 27.6 Å². The fourth-order valence-electron chi connectivity index (χ4n) is 4.53. The summed E-state index contributed by atoms with van der Waals surface area (Å²) < 4.78 is 0. The summed E-state index contributed by atoms with van der Waals surface area (Å²) in [6.45, 7) is 9.51. The van der Waals surface area contributed by atoms with Gasteiger partial charge in [-0.1, -0.05) is 48.8 Å². The van der Waals surface area contributed by atoms with Gasteiger partial charge in [0.1, 0.15) is 5.78 Å². The van der Waals surface area contributed by atoms with E-state index >= 15 is 0 Å². The largest absolute Gasteiger partial charge is 0.372 e. The lowest BCUT2D eigenvalue weighted by Gasteiger charge is -2.39. The molecule has 8 heteroatoms. The number of halogens is 2. The molecule has 2 heterocycles. The van der Waals surface area contributed by atoms with Crippen molar-refractivity contribution in [2.75, 3.05) is 37.6 Å². The summed E-state index contributed by atoms with van der Waals surface area (Å²) in [5.74, 6) is -0.673. The molecule has 178 valence electrons. The normalized spacial score (nSPS) is 16.6. The minimum Gasteiger partial charge on any atom is -0.372 e. The number of rotatable bonds is 8. The third-order valence-corrected chi connectivity index (χ3v) is 6.93. The van der Waals surface area contributed by atoms with Gasteiger partial charge in [0, 0.05) is 72.9 Å². The number of anilines is 1. The van der Waals surface area contributed by atoms with Gasteiger partial charge in [0.25, 0.3) is 11.8 Å². The molecule has 2 aromatic carbocycles. The maximum Gasteiger partial charge on any atom is 0.261 e. The summed E-state index contributed by atoms with van der Waals surface area (Å²) in [5, 5.41) is 1.23. The van der Waals surface area contributed by atoms with E-state index in [2.05, 4.69) is 16.4 Å². The molecule has 34 heavy (non-hydrogen) atoms. The van der Waals surface area contributed by atoms with Gasteiger partial charge in [-0.3, -0.25) is 19.3 Å². The number of fused-ring (bicyclic) bond motifs is 1. The Hall–Kier alpha value is -2.83. The van der Waals surface area contributed by atoms with Gasteiger partial charge in [0.05, 0.1) is 11.1 Å². The standard InChI is InChI=1S/C26H27Cl2N3O3/c1-17(13-22(32)7-8-31-25(33)23-5-3-4-6-24(23)26(31)34)18(2)29-9-11-30(12-10-29)21-15-19(27)14-20(28)16-21/h3-6,14-17H,2,7-13H2,1H3. The van der Waals surface area contributed by atoms with Gasteiger partial charge < -0.3 is 9.80 Å². The number of benzene rings is 2. The molecule has 1 fully saturated rings. The lowest BCUT2D eigenvalue weighted by Crippen LogP contribution is -2.46. The molecular weight excluding hydrogens is 473 g/mol. The highest BCUT2D eigenvalue weighted by Crippen LogP contribution is 2.28. The number of nitrogens with zero attached hydrogens (tertiary/aromatic N) is 3. The van der Waals surface area contributed by atoms with Crippen LogP contribution >= 0.6 is 23.2 Å². The molecule has 0 radical (unpaired) electrons. The Balaban J connectivity index is 1.25. The summed E-state index contributed by atoms with van der Waals surface area (Å²) in [7, 11) is 0. The Morgan fingerprint density at radius 1 is 0.971 bits per heavy atom. The van der Waals surface area contributed by atoms with Crippen LogP contribution in [0.1, 0.15) is 40.5 Å². The van der Waals surface area contributed by atoms with Crippen molar-refractivity contribution in [2.24, 2.45) is 5.92 Å². The molecule has 0 aromatic heterocycles. The van der Waals surface area contributed by atoms with Crippen molar-refractivity contribution in [1.82, 2.24) is 9.80 Å². The number of hydrogen-bond donors (Lipinski definition) is 0. The topological polar surface area (TPSA) is 60.9 Å². The Morgan fingerprint density at radius 2 is 1.53 bits per heavy atom. The van der Waals surface area contributed by atoms with Gasteiger partial charge in [0.2, 0.25) is 0 Å². The SMILES string of the molecule is C=C(C(C)CC(=O)CCN1C(=O)c2ccccc2C1=O)N1CCN(c2cc(Cl)cc(Cl)c2)CC1. The second-order valence-electron chi connectivity index (χ2n) is 8.79. The predicted octanol–water partition coefficient (Wildman–Crippen LogP) is 4.91. The van der Waals surface area contributed by atoms with Crippen LogP contribution in [0.2, 0.25) is 10.0 Å². The predicted molar refractivity (Wildman–Crippen MR) is 135 cm³/mol. The van der Waals surface area contributed by atoms with Crippen molar-refractivity contribution in [3.8, 4) is 0 Å². The van der Waals surface area contributed by atoms with Crippen molar-refractivity contribution >= 4 is 46.5 Å². The van der Waals surface area contributed by atoms with Crippen LogP contribution in [0.5, 0.6) is 0 Å². The second-order valence-corrected chi connectivity index (χ2v) is 9.67. The Labute approximate surface area is 209 Å². The van der Waals surface area contributed by atoms with Gasteiger partial charge in [0.15, 0.2) is 0 Å². The highest BCUT2D eigenvalue weighted by molar-refractivity contribution is 6.35.